The molecule has 1 unspecified atom stereocenters. The molecule has 1 saturated heterocycles. The number of aliphatic hydroxyl groups is 1. The minimum absolute atomic E-state index is 0.0501. The number of likely N-dealkylation sites (tertiary alicyclic amines) is 1. The number of unbranched alkanes of at least 4 members (excludes halogenated alkanes) is 1. The second kappa shape index (κ2) is 14.6. The van der Waals surface area contributed by atoms with Crippen LogP contribution in [0.3, 0.4) is 0 Å². The Bertz CT molecular complexity index is 1230. The van der Waals surface area contributed by atoms with Crippen LogP contribution in [0.15, 0.2) is 54.6 Å². The van der Waals surface area contributed by atoms with E-state index < -0.39 is 17.7 Å². The summed E-state index contributed by atoms with van der Waals surface area (Å²) in [4.78, 5) is 30.6. The SMILES string of the molecule is C=CCOc1ccc(C2/C(=C(\O)c3ccc(OCCCC)cc3C)C(=O)C(=O)N2CCN(CC)CC)cc1OC. The summed E-state index contributed by atoms with van der Waals surface area (Å²) in [7, 11) is 1.53. The average Bonchev–Trinajstić information content (AvgIpc) is 3.21. The van der Waals surface area contributed by atoms with Crippen molar-refractivity contribution in [1.82, 2.24) is 9.80 Å². The van der Waals surface area contributed by atoms with Crippen LogP contribution in [0.25, 0.3) is 5.76 Å². The number of rotatable bonds is 15. The first kappa shape index (κ1) is 30.8. The number of aryl methyl sites for hydroxylation is 1. The van der Waals surface area contributed by atoms with Crippen LogP contribution in [-0.4, -0.2) is 73.1 Å². The molecule has 1 amide bonds. The number of likely N-dealkylation sites (N-methyl/N-ethyl adjacent to an activating group) is 1. The zero-order valence-corrected chi connectivity index (χ0v) is 24.4. The van der Waals surface area contributed by atoms with Gasteiger partial charge in [0.1, 0.15) is 18.1 Å². The Balaban J connectivity index is 2.11. The first-order valence-corrected chi connectivity index (χ1v) is 14.0. The molecular weight excluding hydrogens is 508 g/mol. The van der Waals surface area contributed by atoms with E-state index in [0.717, 1.165) is 31.5 Å². The van der Waals surface area contributed by atoms with Gasteiger partial charge < -0.3 is 29.1 Å². The van der Waals surface area contributed by atoms with Crippen molar-refractivity contribution in [3.63, 3.8) is 0 Å². The number of carbonyl (C=O) groups excluding carboxylic acids is 2. The van der Waals surface area contributed by atoms with Crippen molar-refractivity contribution in [2.75, 3.05) is 46.5 Å². The van der Waals surface area contributed by atoms with Crippen molar-refractivity contribution in [1.29, 1.82) is 0 Å². The predicted molar refractivity (Wildman–Crippen MR) is 157 cm³/mol. The quantitative estimate of drug-likeness (QED) is 0.103. The molecule has 3 rings (SSSR count). The summed E-state index contributed by atoms with van der Waals surface area (Å²) in [5.74, 6) is 0.104. The molecular formula is C32H42N2O6. The molecule has 0 radical (unpaired) electrons. The van der Waals surface area contributed by atoms with Gasteiger partial charge in [0.05, 0.1) is 25.3 Å². The predicted octanol–water partition coefficient (Wildman–Crippen LogP) is 5.51. The number of ketones is 1. The summed E-state index contributed by atoms with van der Waals surface area (Å²) in [5.41, 5.74) is 1.91. The number of amides is 1. The van der Waals surface area contributed by atoms with E-state index in [1.165, 1.54) is 7.11 Å². The Morgan fingerprint density at radius 2 is 1.82 bits per heavy atom. The van der Waals surface area contributed by atoms with E-state index in [1.54, 1.807) is 41.3 Å². The summed E-state index contributed by atoms with van der Waals surface area (Å²) in [6, 6.07) is 9.85. The van der Waals surface area contributed by atoms with Crippen LogP contribution in [0.5, 0.6) is 17.2 Å². The zero-order chi connectivity index (χ0) is 29.2. The minimum Gasteiger partial charge on any atom is -0.507 e. The third kappa shape index (κ3) is 6.86. The molecule has 1 aliphatic heterocycles. The summed E-state index contributed by atoms with van der Waals surface area (Å²) in [6.07, 6.45) is 3.61. The maximum absolute atomic E-state index is 13.5. The van der Waals surface area contributed by atoms with Crippen molar-refractivity contribution < 1.29 is 28.9 Å². The standard InChI is InChI=1S/C32H42N2O6/c1-7-11-19-39-24-13-14-25(22(5)20-24)30(35)28-29(23-12-15-26(40-18-8-2)27(21-23)38-6)34(32(37)31(28)36)17-16-33(9-3)10-4/h8,12-15,20-21,29,35H,2,7,9-11,16-19H2,1,3-6H3/b30-28+. The van der Waals surface area contributed by atoms with Crippen molar-refractivity contribution in [3.8, 4) is 17.2 Å². The highest BCUT2D eigenvalue weighted by atomic mass is 16.5. The summed E-state index contributed by atoms with van der Waals surface area (Å²) in [6.45, 7) is 15.2. The van der Waals surface area contributed by atoms with Gasteiger partial charge in [0, 0.05) is 18.7 Å². The fraction of sp³-hybridized carbons (Fsp3) is 0.438. The van der Waals surface area contributed by atoms with Gasteiger partial charge in [-0.1, -0.05) is 45.9 Å². The Kier molecular flexibility index (Phi) is 11.2. The van der Waals surface area contributed by atoms with Gasteiger partial charge in [0.2, 0.25) is 0 Å². The van der Waals surface area contributed by atoms with Gasteiger partial charge in [-0.3, -0.25) is 9.59 Å². The molecule has 0 aromatic heterocycles. The largest absolute Gasteiger partial charge is 0.507 e. The van der Waals surface area contributed by atoms with Gasteiger partial charge in [-0.05, 0) is 67.9 Å². The van der Waals surface area contributed by atoms with Crippen LogP contribution in [0.1, 0.15) is 56.3 Å². The third-order valence-corrected chi connectivity index (χ3v) is 7.17. The molecule has 40 heavy (non-hydrogen) atoms. The first-order valence-electron chi connectivity index (χ1n) is 14.0. The van der Waals surface area contributed by atoms with Gasteiger partial charge in [0.15, 0.2) is 11.5 Å². The fourth-order valence-corrected chi connectivity index (χ4v) is 4.84. The van der Waals surface area contributed by atoms with E-state index >= 15 is 0 Å². The number of aliphatic hydroxyl groups excluding tert-OH is 1. The smallest absolute Gasteiger partial charge is 0.295 e. The van der Waals surface area contributed by atoms with Crippen LogP contribution in [0.4, 0.5) is 0 Å². The lowest BCUT2D eigenvalue weighted by Crippen LogP contribution is -2.38. The number of benzene rings is 2. The van der Waals surface area contributed by atoms with Crippen molar-refractivity contribution in [3.05, 3.63) is 71.3 Å². The average molecular weight is 551 g/mol. The van der Waals surface area contributed by atoms with Crippen LogP contribution >= 0.6 is 0 Å². The molecule has 1 N–H and O–H groups in total. The van der Waals surface area contributed by atoms with Crippen LogP contribution in [0, 0.1) is 6.92 Å². The molecule has 1 fully saturated rings. The zero-order valence-electron chi connectivity index (χ0n) is 24.4. The van der Waals surface area contributed by atoms with E-state index in [0.29, 0.717) is 54.7 Å². The summed E-state index contributed by atoms with van der Waals surface area (Å²) < 4.78 is 17.1. The number of methoxy groups -OCH3 is 1. The Hall–Kier alpha value is -3.78. The number of Topliss-reactive ketones (excluding diaryl/α,β-unsaturated/α-hetero) is 1. The molecule has 1 aliphatic rings. The molecule has 2 aromatic rings. The number of hydrogen-bond acceptors (Lipinski definition) is 7. The lowest BCUT2D eigenvalue weighted by molar-refractivity contribution is -0.140. The molecule has 8 heteroatoms. The number of ether oxygens (including phenoxy) is 3. The van der Waals surface area contributed by atoms with Gasteiger partial charge in [-0.25, -0.2) is 0 Å². The number of nitrogens with zero attached hydrogens (tertiary/aromatic N) is 2. The van der Waals surface area contributed by atoms with Crippen molar-refractivity contribution >= 4 is 17.4 Å². The van der Waals surface area contributed by atoms with E-state index in [2.05, 4.69) is 32.3 Å². The van der Waals surface area contributed by atoms with E-state index in [1.807, 2.05) is 13.0 Å². The Morgan fingerprint density at radius 1 is 1.07 bits per heavy atom. The normalized spacial score (nSPS) is 16.4. The monoisotopic (exact) mass is 550 g/mol. The van der Waals surface area contributed by atoms with E-state index in [-0.39, 0.29) is 11.3 Å². The number of hydrogen-bond donors (Lipinski definition) is 1. The van der Waals surface area contributed by atoms with Crippen LogP contribution in [0.2, 0.25) is 0 Å². The van der Waals surface area contributed by atoms with Gasteiger partial charge >= 0.3 is 0 Å². The van der Waals surface area contributed by atoms with Gasteiger partial charge in [0.25, 0.3) is 11.7 Å². The second-order valence-electron chi connectivity index (χ2n) is 9.71. The molecule has 0 spiro atoms. The maximum atomic E-state index is 13.5. The van der Waals surface area contributed by atoms with Gasteiger partial charge in [-0.2, -0.15) is 0 Å². The number of carbonyl (C=O) groups is 2. The van der Waals surface area contributed by atoms with Crippen LogP contribution in [-0.2, 0) is 9.59 Å². The highest BCUT2D eigenvalue weighted by Crippen LogP contribution is 2.42. The molecule has 2 aromatic carbocycles. The second-order valence-corrected chi connectivity index (χ2v) is 9.71. The van der Waals surface area contributed by atoms with Crippen molar-refractivity contribution in [2.45, 2.75) is 46.6 Å². The maximum Gasteiger partial charge on any atom is 0.295 e. The van der Waals surface area contributed by atoms with Crippen molar-refractivity contribution in [2.24, 2.45) is 0 Å². The highest BCUT2D eigenvalue weighted by Gasteiger charge is 2.46. The topological polar surface area (TPSA) is 88.5 Å². The molecule has 216 valence electrons. The minimum atomic E-state index is -0.794. The lowest BCUT2D eigenvalue weighted by atomic mass is 9.93. The molecule has 8 nitrogen and oxygen atoms in total. The first-order chi connectivity index (χ1) is 19.3. The summed E-state index contributed by atoms with van der Waals surface area (Å²) in [5, 5.41) is 11.6. The molecule has 0 aliphatic carbocycles. The van der Waals surface area contributed by atoms with E-state index in [9.17, 15) is 14.7 Å². The third-order valence-electron chi connectivity index (χ3n) is 7.17. The molecule has 1 heterocycles. The highest BCUT2D eigenvalue weighted by molar-refractivity contribution is 6.46. The molecule has 1 atom stereocenters. The van der Waals surface area contributed by atoms with Crippen LogP contribution < -0.4 is 14.2 Å². The summed E-state index contributed by atoms with van der Waals surface area (Å²) >= 11 is 0. The molecule has 0 bridgehead atoms. The lowest BCUT2D eigenvalue weighted by Gasteiger charge is -2.28. The molecule has 0 saturated carbocycles. The Morgan fingerprint density at radius 3 is 2.45 bits per heavy atom. The van der Waals surface area contributed by atoms with Gasteiger partial charge in [-0.15, -0.1) is 0 Å². The Labute approximate surface area is 237 Å². The fourth-order valence-electron chi connectivity index (χ4n) is 4.84. The van der Waals surface area contributed by atoms with E-state index in [4.69, 9.17) is 14.2 Å².